The second-order valence-corrected chi connectivity index (χ2v) is 8.72. The van der Waals surface area contributed by atoms with Crippen LogP contribution < -0.4 is 4.74 Å². The van der Waals surface area contributed by atoms with Crippen LogP contribution in [0.15, 0.2) is 24.3 Å². The quantitative estimate of drug-likeness (QED) is 0.844. The first kappa shape index (κ1) is 16.6. The third-order valence-electron chi connectivity index (χ3n) is 7.33. The summed E-state index contributed by atoms with van der Waals surface area (Å²) in [7, 11) is 1.76. The molecule has 4 heteroatoms. The van der Waals surface area contributed by atoms with Gasteiger partial charge in [0.25, 0.3) is 0 Å². The van der Waals surface area contributed by atoms with Gasteiger partial charge in [-0.05, 0) is 57.2 Å². The lowest BCUT2D eigenvalue weighted by Gasteiger charge is -2.54. The van der Waals surface area contributed by atoms with Gasteiger partial charge < -0.3 is 14.6 Å². The molecule has 0 aromatic heterocycles. The fourth-order valence-corrected chi connectivity index (χ4v) is 5.84. The molecule has 1 saturated heterocycles. The van der Waals surface area contributed by atoms with E-state index in [1.807, 2.05) is 6.07 Å². The summed E-state index contributed by atoms with van der Waals surface area (Å²) in [4.78, 5) is 2.68. The van der Waals surface area contributed by atoms with Gasteiger partial charge in [-0.1, -0.05) is 18.2 Å². The number of hydrogen-bond donors (Lipinski definition) is 1. The summed E-state index contributed by atoms with van der Waals surface area (Å²) in [5, 5.41) is 10.5. The van der Waals surface area contributed by atoms with Crippen LogP contribution in [0.2, 0.25) is 0 Å². The minimum Gasteiger partial charge on any atom is -0.504 e. The van der Waals surface area contributed by atoms with Crippen LogP contribution in [0.1, 0.15) is 37.3 Å². The van der Waals surface area contributed by atoms with E-state index < -0.39 is 0 Å². The highest BCUT2D eigenvalue weighted by atomic mass is 16.5. The van der Waals surface area contributed by atoms with Crippen molar-refractivity contribution in [1.82, 2.24) is 4.90 Å². The number of fused-ring (bicyclic) bond motifs is 1. The third-order valence-corrected chi connectivity index (χ3v) is 7.33. The van der Waals surface area contributed by atoms with Crippen molar-refractivity contribution in [2.75, 3.05) is 20.2 Å². The van der Waals surface area contributed by atoms with E-state index in [9.17, 15) is 5.11 Å². The minimum atomic E-state index is -0.104. The lowest BCUT2D eigenvalue weighted by atomic mass is 9.57. The lowest BCUT2D eigenvalue weighted by Crippen LogP contribution is -2.62. The molecule has 5 atom stereocenters. The largest absolute Gasteiger partial charge is 0.504 e. The minimum absolute atomic E-state index is 0.0602. The fourth-order valence-electron chi connectivity index (χ4n) is 5.84. The summed E-state index contributed by atoms with van der Waals surface area (Å²) in [6, 6.07) is 4.27. The van der Waals surface area contributed by atoms with Crippen molar-refractivity contribution in [2.45, 2.75) is 56.8 Å². The van der Waals surface area contributed by atoms with Crippen LogP contribution in [-0.2, 0) is 10.2 Å². The van der Waals surface area contributed by atoms with E-state index in [1.54, 1.807) is 13.2 Å². The molecule has 4 unspecified atom stereocenters. The summed E-state index contributed by atoms with van der Waals surface area (Å²) in [6.45, 7) is 6.84. The zero-order valence-electron chi connectivity index (χ0n) is 15.9. The summed E-state index contributed by atoms with van der Waals surface area (Å²) in [5.74, 6) is 2.23. The highest BCUT2D eigenvalue weighted by Crippen LogP contribution is 2.60. The van der Waals surface area contributed by atoms with Crippen molar-refractivity contribution in [3.8, 4) is 11.5 Å². The van der Waals surface area contributed by atoms with Gasteiger partial charge in [0.2, 0.25) is 0 Å². The van der Waals surface area contributed by atoms with Crippen LogP contribution in [0, 0.1) is 18.8 Å². The van der Waals surface area contributed by atoms with Gasteiger partial charge in [0.05, 0.1) is 0 Å². The van der Waals surface area contributed by atoms with Crippen LogP contribution in [0.4, 0.5) is 0 Å². The summed E-state index contributed by atoms with van der Waals surface area (Å²) in [5.41, 5.74) is 2.34. The monoisotopic (exact) mass is 355 g/mol. The topological polar surface area (TPSA) is 41.9 Å². The number of phenolic OH excluding ortho intramolecular Hbond substituents is 1. The Balaban J connectivity index is 1.63. The van der Waals surface area contributed by atoms with Crippen LogP contribution in [-0.4, -0.2) is 48.5 Å². The van der Waals surface area contributed by atoms with E-state index in [1.165, 1.54) is 30.5 Å². The van der Waals surface area contributed by atoms with E-state index in [-0.39, 0.29) is 23.4 Å². The predicted molar refractivity (Wildman–Crippen MR) is 101 cm³/mol. The number of likely N-dealkylation sites (tertiary alicyclic amines) is 1. The van der Waals surface area contributed by atoms with Crippen molar-refractivity contribution >= 4 is 0 Å². The predicted octanol–water partition coefficient (Wildman–Crippen LogP) is 3.40. The lowest BCUT2D eigenvalue weighted by molar-refractivity contribution is -0.0564. The molecule has 2 heterocycles. The molecule has 2 fully saturated rings. The smallest absolute Gasteiger partial charge is 0.165 e. The van der Waals surface area contributed by atoms with E-state index in [4.69, 9.17) is 9.47 Å². The Bertz CT molecular complexity index is 756. The molecule has 1 spiro atoms. The standard InChI is InChI=1S/C22H29NO3/c1-13-4-8-17(24)20-19(13)22-10-11-23(12-15-5-6-15)14(2)16(22)7-9-18(25-3)21(22)26-20/h4,7-9,14-16,18,21,24H,5-6,10-12H2,1-3H3/t14?,16?,18?,21-,22?/m0/s1. The zero-order chi connectivity index (χ0) is 18.1. The van der Waals surface area contributed by atoms with Gasteiger partial charge >= 0.3 is 0 Å². The molecule has 0 bridgehead atoms. The Kier molecular flexibility index (Phi) is 3.67. The molecule has 1 saturated carbocycles. The Hall–Kier alpha value is -1.52. The highest BCUT2D eigenvalue weighted by Gasteiger charge is 2.62. The van der Waals surface area contributed by atoms with Crippen molar-refractivity contribution < 1.29 is 14.6 Å². The van der Waals surface area contributed by atoms with Gasteiger partial charge in [-0.3, -0.25) is 4.90 Å². The number of hydrogen-bond acceptors (Lipinski definition) is 4. The van der Waals surface area contributed by atoms with E-state index in [0.717, 1.165) is 18.9 Å². The third kappa shape index (κ3) is 2.15. The molecule has 0 amide bonds. The average molecular weight is 355 g/mol. The number of aromatic hydroxyl groups is 1. The molecular formula is C22H29NO3. The fraction of sp³-hybridized carbons (Fsp3) is 0.636. The molecule has 1 aromatic rings. The molecular weight excluding hydrogens is 326 g/mol. The van der Waals surface area contributed by atoms with Crippen molar-refractivity contribution in [3.05, 3.63) is 35.4 Å². The second kappa shape index (κ2) is 5.74. The van der Waals surface area contributed by atoms with E-state index in [0.29, 0.717) is 17.7 Å². The van der Waals surface area contributed by atoms with Gasteiger partial charge in [0, 0.05) is 36.6 Å². The van der Waals surface area contributed by atoms with Gasteiger partial charge in [-0.15, -0.1) is 0 Å². The number of nitrogens with zero attached hydrogens (tertiary/aromatic N) is 1. The molecule has 140 valence electrons. The SMILES string of the molecule is COC1C=CC2C(C)N(CC3CC3)CCC23c2c(C)ccc(O)c2O[C@@H]13. The molecule has 4 nitrogen and oxygen atoms in total. The van der Waals surface area contributed by atoms with Crippen LogP contribution >= 0.6 is 0 Å². The number of ether oxygens (including phenoxy) is 2. The van der Waals surface area contributed by atoms with E-state index in [2.05, 4.69) is 30.9 Å². The number of aryl methyl sites for hydroxylation is 1. The molecule has 1 N–H and O–H groups in total. The van der Waals surface area contributed by atoms with Crippen molar-refractivity contribution in [3.63, 3.8) is 0 Å². The Morgan fingerprint density at radius 1 is 1.31 bits per heavy atom. The number of benzene rings is 1. The first-order valence-corrected chi connectivity index (χ1v) is 10.0. The first-order chi connectivity index (χ1) is 12.6. The number of phenols is 1. The molecule has 2 aliphatic carbocycles. The summed E-state index contributed by atoms with van der Waals surface area (Å²) in [6.07, 6.45) is 8.26. The van der Waals surface area contributed by atoms with Crippen molar-refractivity contribution in [1.29, 1.82) is 0 Å². The summed E-state index contributed by atoms with van der Waals surface area (Å²) < 4.78 is 12.2. The molecule has 5 rings (SSSR count). The maximum Gasteiger partial charge on any atom is 0.165 e. The maximum atomic E-state index is 10.5. The van der Waals surface area contributed by atoms with E-state index >= 15 is 0 Å². The van der Waals surface area contributed by atoms with Gasteiger partial charge in [0.15, 0.2) is 11.5 Å². The average Bonchev–Trinajstić information content (AvgIpc) is 3.38. The van der Waals surface area contributed by atoms with Gasteiger partial charge in [-0.2, -0.15) is 0 Å². The first-order valence-electron chi connectivity index (χ1n) is 10.0. The van der Waals surface area contributed by atoms with Crippen molar-refractivity contribution in [2.24, 2.45) is 11.8 Å². The Labute approximate surface area is 155 Å². The molecule has 0 radical (unpaired) electrons. The Morgan fingerprint density at radius 2 is 2.12 bits per heavy atom. The van der Waals surface area contributed by atoms with Gasteiger partial charge in [-0.25, -0.2) is 0 Å². The summed E-state index contributed by atoms with van der Waals surface area (Å²) >= 11 is 0. The van der Waals surface area contributed by atoms with Crippen LogP contribution in [0.25, 0.3) is 0 Å². The molecule has 26 heavy (non-hydrogen) atoms. The number of methoxy groups -OCH3 is 1. The zero-order valence-corrected chi connectivity index (χ0v) is 15.9. The molecule has 1 aromatic carbocycles. The molecule has 4 aliphatic rings. The maximum absolute atomic E-state index is 10.5. The normalized spacial score (nSPS) is 38.4. The van der Waals surface area contributed by atoms with Crippen LogP contribution in [0.5, 0.6) is 11.5 Å². The number of rotatable bonds is 3. The Morgan fingerprint density at radius 3 is 2.85 bits per heavy atom. The van der Waals surface area contributed by atoms with Crippen LogP contribution in [0.3, 0.4) is 0 Å². The van der Waals surface area contributed by atoms with Gasteiger partial charge in [0.1, 0.15) is 12.2 Å². The molecule has 2 aliphatic heterocycles. The highest BCUT2D eigenvalue weighted by molar-refractivity contribution is 5.59. The number of piperidine rings is 1. The second-order valence-electron chi connectivity index (χ2n) is 8.72.